The minimum Gasteiger partial charge on any atom is -0.462 e. The number of carbonyl (C=O) groups excluding carboxylic acids is 2. The summed E-state index contributed by atoms with van der Waals surface area (Å²) in [5, 5.41) is 0. The van der Waals surface area contributed by atoms with Gasteiger partial charge < -0.3 is 18.9 Å². The van der Waals surface area contributed by atoms with E-state index in [1.165, 1.54) is 0 Å². The van der Waals surface area contributed by atoms with Gasteiger partial charge >= 0.3 is 19.8 Å². The maximum absolute atomic E-state index is 12.8. The Morgan fingerprint density at radius 2 is 0.692 bits per heavy atom. The second-order valence-corrected chi connectivity index (χ2v) is 21.4. The molecule has 2 unspecified atom stereocenters. The SMILES string of the molecule is CC/C=C\C/C=C\C/C=C\C/C=C\C/C=C\C/C=C\C/C=C\C/C=C\CCCCCCC(=O)OC(COC(=O)CCCCC/C=C\C/C=C\C/C=C\C/C=C\C/C=C\C/C=C\C/C=C\CC)COP(=O)(O)OCC[N+](C)(C)C. The molecule has 0 rings (SSSR count). The third kappa shape index (κ3) is 60.3. The average molecular weight is 1100 g/mol. The minimum absolute atomic E-state index is 0.00849. The normalized spacial score (nSPS) is 14.6. The quantitative estimate of drug-likeness (QED) is 0.0211. The van der Waals surface area contributed by atoms with Gasteiger partial charge in [0.2, 0.25) is 0 Å². The Kier molecular flexibility index (Phi) is 53.3. The van der Waals surface area contributed by atoms with Crippen LogP contribution in [0.2, 0.25) is 0 Å². The Morgan fingerprint density at radius 3 is 1.03 bits per heavy atom. The number of phosphoric ester groups is 1. The Bertz CT molecular complexity index is 1970. The molecule has 0 radical (unpaired) electrons. The lowest BCUT2D eigenvalue weighted by atomic mass is 10.1. The standard InChI is InChI=1S/C68H106NO8P/c1-6-8-10-12-14-16-18-20-22-24-26-28-30-32-33-34-35-37-39-41-43-45-47-49-51-53-55-57-59-61-68(71)77-66(65-76-78(72,73)75-63-62-69(3,4)5)64-74-67(70)60-58-56-54-52-50-48-46-44-42-40-38-36-31-29-27-25-23-21-19-17-15-13-11-9-7-2/h8-11,14-17,20-23,26-29,32-33,35-38,41-44,47-50,66H,6-7,12-13,18-19,24-25,30-31,34,39-40,45-46,51-65H2,1-5H3/p+1/b10-8-,11-9-,16-14-,17-15-,22-20-,23-21-,28-26-,29-27-,33-32-,37-35-,38-36-,43-41-,44-42-,49-47-,50-48-. The molecule has 1 N–H and O–H groups in total. The number of unbranched alkanes of at least 4 members (excludes halogenated alkanes) is 7. The molecule has 78 heavy (non-hydrogen) atoms. The van der Waals surface area contributed by atoms with Crippen molar-refractivity contribution in [3.8, 4) is 0 Å². The van der Waals surface area contributed by atoms with Crippen LogP contribution in [0.15, 0.2) is 182 Å². The van der Waals surface area contributed by atoms with Crippen molar-refractivity contribution in [2.45, 2.75) is 187 Å². The van der Waals surface area contributed by atoms with Crippen LogP contribution in [0.5, 0.6) is 0 Å². The molecule has 0 saturated heterocycles. The molecular formula is C68H107NO8P+. The van der Waals surface area contributed by atoms with E-state index in [2.05, 4.69) is 196 Å². The van der Waals surface area contributed by atoms with Gasteiger partial charge in [-0.2, -0.15) is 0 Å². The number of phosphoric acid groups is 1. The van der Waals surface area contributed by atoms with E-state index >= 15 is 0 Å². The number of nitrogens with zero attached hydrogens (tertiary/aromatic N) is 1. The van der Waals surface area contributed by atoms with Crippen LogP contribution < -0.4 is 0 Å². The molecule has 0 aliphatic heterocycles. The topological polar surface area (TPSA) is 108 Å². The van der Waals surface area contributed by atoms with Crippen LogP contribution in [0.3, 0.4) is 0 Å². The zero-order valence-electron chi connectivity index (χ0n) is 49.3. The highest BCUT2D eigenvalue weighted by atomic mass is 31.2. The summed E-state index contributed by atoms with van der Waals surface area (Å²) >= 11 is 0. The van der Waals surface area contributed by atoms with Gasteiger partial charge in [-0.3, -0.25) is 18.6 Å². The molecule has 0 fully saturated rings. The zero-order valence-corrected chi connectivity index (χ0v) is 50.2. The highest BCUT2D eigenvalue weighted by Gasteiger charge is 2.27. The predicted molar refractivity (Wildman–Crippen MR) is 334 cm³/mol. The average Bonchev–Trinajstić information content (AvgIpc) is 3.41. The van der Waals surface area contributed by atoms with Crippen LogP contribution in [-0.4, -0.2) is 74.9 Å². The molecule has 0 amide bonds. The van der Waals surface area contributed by atoms with E-state index in [4.69, 9.17) is 18.5 Å². The number of hydrogen-bond donors (Lipinski definition) is 1. The molecule has 9 nitrogen and oxygen atoms in total. The van der Waals surface area contributed by atoms with E-state index in [9.17, 15) is 19.0 Å². The molecular weight excluding hydrogens is 990 g/mol. The first kappa shape index (κ1) is 73.1. The van der Waals surface area contributed by atoms with E-state index < -0.39 is 32.5 Å². The molecule has 0 aromatic heterocycles. The van der Waals surface area contributed by atoms with Crippen LogP contribution in [-0.2, 0) is 32.7 Å². The molecule has 0 heterocycles. The highest BCUT2D eigenvalue weighted by molar-refractivity contribution is 7.47. The largest absolute Gasteiger partial charge is 0.472 e. The summed E-state index contributed by atoms with van der Waals surface area (Å²) in [5.74, 6) is -0.885. The molecule has 0 aliphatic carbocycles. The Balaban J connectivity index is 4.37. The summed E-state index contributed by atoms with van der Waals surface area (Å²) in [6.45, 7) is 4.09. The molecule has 436 valence electrons. The van der Waals surface area contributed by atoms with Crippen LogP contribution in [0.4, 0.5) is 0 Å². The third-order valence-electron chi connectivity index (χ3n) is 11.4. The van der Waals surface area contributed by atoms with Crippen molar-refractivity contribution < 1.29 is 42.1 Å². The van der Waals surface area contributed by atoms with Gasteiger partial charge in [-0.1, -0.05) is 215 Å². The van der Waals surface area contributed by atoms with Gasteiger partial charge in [0.1, 0.15) is 19.8 Å². The van der Waals surface area contributed by atoms with Gasteiger partial charge in [-0.25, -0.2) is 4.57 Å². The lowest BCUT2D eigenvalue weighted by molar-refractivity contribution is -0.870. The van der Waals surface area contributed by atoms with Crippen molar-refractivity contribution in [1.82, 2.24) is 0 Å². The van der Waals surface area contributed by atoms with Crippen molar-refractivity contribution >= 4 is 19.8 Å². The van der Waals surface area contributed by atoms with Crippen molar-refractivity contribution in [2.75, 3.05) is 47.5 Å². The van der Waals surface area contributed by atoms with Crippen LogP contribution in [0, 0.1) is 0 Å². The monoisotopic (exact) mass is 1100 g/mol. The summed E-state index contributed by atoms with van der Waals surface area (Å²) in [4.78, 5) is 35.7. The molecule has 0 aromatic rings. The van der Waals surface area contributed by atoms with E-state index in [1.807, 2.05) is 21.1 Å². The zero-order chi connectivity index (χ0) is 57.0. The van der Waals surface area contributed by atoms with E-state index in [-0.39, 0.29) is 26.1 Å². The Morgan fingerprint density at radius 1 is 0.397 bits per heavy atom. The number of quaternary nitrogens is 1. The molecule has 0 saturated carbocycles. The summed E-state index contributed by atoms with van der Waals surface area (Å²) in [6, 6.07) is 0. The maximum Gasteiger partial charge on any atom is 0.472 e. The van der Waals surface area contributed by atoms with Crippen LogP contribution in [0.1, 0.15) is 181 Å². The predicted octanol–water partition coefficient (Wildman–Crippen LogP) is 18.8. The number of allylic oxidation sites excluding steroid dienone is 30. The van der Waals surface area contributed by atoms with E-state index in [1.54, 1.807) is 0 Å². The third-order valence-corrected chi connectivity index (χ3v) is 12.4. The van der Waals surface area contributed by atoms with E-state index in [0.29, 0.717) is 23.9 Å². The lowest BCUT2D eigenvalue weighted by Gasteiger charge is -2.24. The highest BCUT2D eigenvalue weighted by Crippen LogP contribution is 2.43. The molecule has 2 atom stereocenters. The maximum atomic E-state index is 12.8. The van der Waals surface area contributed by atoms with Gasteiger partial charge in [-0.05, 0) is 135 Å². The fraction of sp³-hybridized carbons (Fsp3) is 0.529. The number of hydrogen-bond acceptors (Lipinski definition) is 7. The summed E-state index contributed by atoms with van der Waals surface area (Å²) in [5.41, 5.74) is 0. The van der Waals surface area contributed by atoms with Crippen molar-refractivity contribution in [3.05, 3.63) is 182 Å². The van der Waals surface area contributed by atoms with Gasteiger partial charge in [-0.15, -0.1) is 0 Å². The summed E-state index contributed by atoms with van der Waals surface area (Å²) in [7, 11) is 1.40. The van der Waals surface area contributed by atoms with E-state index in [0.717, 1.165) is 141 Å². The van der Waals surface area contributed by atoms with Crippen molar-refractivity contribution in [3.63, 3.8) is 0 Å². The Hall–Kier alpha value is -4.89. The fourth-order valence-corrected chi connectivity index (χ4v) is 7.69. The van der Waals surface area contributed by atoms with Crippen molar-refractivity contribution in [2.24, 2.45) is 0 Å². The first-order valence-corrected chi connectivity index (χ1v) is 31.0. The van der Waals surface area contributed by atoms with Gasteiger partial charge in [0.25, 0.3) is 0 Å². The molecule has 0 bridgehead atoms. The minimum atomic E-state index is -4.42. The molecule has 0 aliphatic rings. The number of rotatable bonds is 51. The fourth-order valence-electron chi connectivity index (χ4n) is 6.95. The molecule has 0 spiro atoms. The first-order chi connectivity index (χ1) is 38.0. The second-order valence-electron chi connectivity index (χ2n) is 19.9. The van der Waals surface area contributed by atoms with Crippen LogP contribution in [0.25, 0.3) is 0 Å². The summed E-state index contributed by atoms with van der Waals surface area (Å²) in [6.07, 6.45) is 88.1. The lowest BCUT2D eigenvalue weighted by Crippen LogP contribution is -2.37. The number of esters is 2. The first-order valence-electron chi connectivity index (χ1n) is 29.5. The molecule has 10 heteroatoms. The van der Waals surface area contributed by atoms with Gasteiger partial charge in [0.05, 0.1) is 27.7 Å². The van der Waals surface area contributed by atoms with Gasteiger partial charge in [0.15, 0.2) is 6.10 Å². The van der Waals surface area contributed by atoms with Crippen LogP contribution >= 0.6 is 7.82 Å². The molecule has 0 aromatic carbocycles. The smallest absolute Gasteiger partial charge is 0.462 e. The second kappa shape index (κ2) is 56.8. The number of ether oxygens (including phenoxy) is 2. The van der Waals surface area contributed by atoms with Gasteiger partial charge in [0, 0.05) is 12.8 Å². The number of carbonyl (C=O) groups is 2. The summed E-state index contributed by atoms with van der Waals surface area (Å²) < 4.78 is 34.5. The number of likely N-dealkylation sites (N-methyl/N-ethyl adjacent to an activating group) is 1. The van der Waals surface area contributed by atoms with Crippen molar-refractivity contribution in [1.29, 1.82) is 0 Å². The Labute approximate surface area is 476 Å².